The third-order valence-corrected chi connectivity index (χ3v) is 1.27. The summed E-state index contributed by atoms with van der Waals surface area (Å²) in [6.45, 7) is 7.14. The summed E-state index contributed by atoms with van der Waals surface area (Å²) in [6.07, 6.45) is 22.9. The minimum atomic E-state index is 1.74. The zero-order valence-electron chi connectivity index (χ0n) is 8.34. The van der Waals surface area contributed by atoms with Gasteiger partial charge >= 0.3 is 0 Å². The first-order valence-corrected chi connectivity index (χ1v) is 4.48. The van der Waals surface area contributed by atoms with E-state index < -0.39 is 0 Å². The zero-order valence-corrected chi connectivity index (χ0v) is 8.34. The smallest absolute Gasteiger partial charge is 0.0623 e. The van der Waals surface area contributed by atoms with Crippen LogP contribution in [0.15, 0.2) is 86.1 Å². The highest BCUT2D eigenvalue weighted by atomic mass is 13.7. The summed E-state index contributed by atoms with van der Waals surface area (Å²) in [5, 5.41) is 0. The second-order valence-corrected chi connectivity index (χ2v) is 2.40. The lowest BCUT2D eigenvalue weighted by atomic mass is 10.3. The number of rotatable bonds is 6. The first kappa shape index (κ1) is 12.2. The van der Waals surface area contributed by atoms with E-state index >= 15 is 0 Å². The molecule has 0 aromatic heterocycles. The minimum absolute atomic E-state index is 1.74. The Morgan fingerprint density at radius 1 is 0.357 bits per heavy atom. The van der Waals surface area contributed by atoms with E-state index in [2.05, 4.69) is 13.2 Å². The molecule has 0 heterocycles. The molecule has 0 aliphatic heterocycles. The first-order chi connectivity index (χ1) is 6.91. The second-order valence-electron chi connectivity index (χ2n) is 2.40. The van der Waals surface area contributed by atoms with Crippen LogP contribution >= 0.6 is 0 Å². The molecule has 0 atom stereocenters. The van der Waals surface area contributed by atoms with Crippen LogP contribution in [0, 0.1) is 0 Å². The summed E-state index contributed by atoms with van der Waals surface area (Å²) in [5.74, 6) is 0. The van der Waals surface area contributed by atoms with Gasteiger partial charge in [-0.25, -0.2) is 0 Å². The lowest BCUT2D eigenvalue weighted by Gasteiger charge is -1.73. The fourth-order valence-electron chi connectivity index (χ4n) is 0.670. The molecule has 0 aromatic rings. The fourth-order valence-corrected chi connectivity index (χ4v) is 0.670. The third-order valence-electron chi connectivity index (χ3n) is 1.27. The summed E-state index contributed by atoms with van der Waals surface area (Å²) in [5.41, 5.74) is 0. The number of hydrogen-bond donors (Lipinski definition) is 0. The predicted molar refractivity (Wildman–Crippen MR) is 66.1 cm³/mol. The molecule has 0 radical (unpaired) electrons. The molecular formula is C14H16. The van der Waals surface area contributed by atoms with Gasteiger partial charge in [-0.2, -0.15) is 0 Å². The van der Waals surface area contributed by atoms with Gasteiger partial charge in [0.25, 0.3) is 0 Å². The molecule has 0 bridgehead atoms. The van der Waals surface area contributed by atoms with E-state index in [0.717, 1.165) is 0 Å². The molecule has 0 nitrogen and oxygen atoms in total. The number of allylic oxidation sites excluding steroid dienone is 12. The highest BCUT2D eigenvalue weighted by Crippen LogP contribution is 1.83. The van der Waals surface area contributed by atoms with Crippen molar-refractivity contribution in [2.75, 3.05) is 0 Å². The van der Waals surface area contributed by atoms with E-state index in [1.165, 1.54) is 0 Å². The largest absolute Gasteiger partial charge is 0.0991 e. The number of hydrogen-bond acceptors (Lipinski definition) is 0. The zero-order chi connectivity index (χ0) is 10.5. The molecule has 0 aliphatic carbocycles. The van der Waals surface area contributed by atoms with Gasteiger partial charge in [-0.05, 0) is 0 Å². The van der Waals surface area contributed by atoms with Crippen LogP contribution in [0.2, 0.25) is 0 Å². The topological polar surface area (TPSA) is 0 Å². The van der Waals surface area contributed by atoms with Crippen molar-refractivity contribution in [2.24, 2.45) is 0 Å². The second kappa shape index (κ2) is 11.2. The van der Waals surface area contributed by atoms with Gasteiger partial charge in [0.1, 0.15) is 0 Å². The van der Waals surface area contributed by atoms with E-state index in [0.29, 0.717) is 0 Å². The van der Waals surface area contributed by atoms with Crippen LogP contribution < -0.4 is 0 Å². The molecule has 72 valence electrons. The maximum absolute atomic E-state index is 3.57. The maximum Gasteiger partial charge on any atom is -0.0623 e. The molecule has 0 amide bonds. The van der Waals surface area contributed by atoms with E-state index in [1.807, 2.05) is 60.8 Å². The monoisotopic (exact) mass is 184 g/mol. The predicted octanol–water partition coefficient (Wildman–Crippen LogP) is 4.14. The van der Waals surface area contributed by atoms with Crippen molar-refractivity contribution in [1.82, 2.24) is 0 Å². The van der Waals surface area contributed by atoms with Gasteiger partial charge in [-0.3, -0.25) is 0 Å². The van der Waals surface area contributed by atoms with Crippen molar-refractivity contribution >= 4 is 0 Å². The van der Waals surface area contributed by atoms with Gasteiger partial charge in [-0.15, -0.1) is 0 Å². The average molecular weight is 184 g/mol. The lowest BCUT2D eigenvalue weighted by molar-refractivity contribution is 1.84. The molecule has 0 spiro atoms. The first-order valence-electron chi connectivity index (χ1n) is 4.48. The van der Waals surface area contributed by atoms with Crippen LogP contribution in [0.25, 0.3) is 0 Å². The molecule has 0 aliphatic rings. The Morgan fingerprint density at radius 3 is 0.786 bits per heavy atom. The third kappa shape index (κ3) is 10.2. The van der Waals surface area contributed by atoms with Gasteiger partial charge < -0.3 is 0 Å². The van der Waals surface area contributed by atoms with Gasteiger partial charge in [0.05, 0.1) is 0 Å². The molecule has 14 heavy (non-hydrogen) atoms. The Hall–Kier alpha value is -1.82. The van der Waals surface area contributed by atoms with Crippen molar-refractivity contribution in [3.05, 3.63) is 86.1 Å². The Kier molecular flexibility index (Phi) is 9.73. The molecule has 0 saturated carbocycles. The lowest BCUT2D eigenvalue weighted by Crippen LogP contribution is -1.51. The highest BCUT2D eigenvalue weighted by molar-refractivity contribution is 5.19. The summed E-state index contributed by atoms with van der Waals surface area (Å²) in [7, 11) is 0. The van der Waals surface area contributed by atoms with Crippen molar-refractivity contribution < 1.29 is 0 Å². The maximum atomic E-state index is 3.57. The van der Waals surface area contributed by atoms with E-state index in [9.17, 15) is 0 Å². The van der Waals surface area contributed by atoms with E-state index in [-0.39, 0.29) is 0 Å². The minimum Gasteiger partial charge on any atom is -0.0991 e. The van der Waals surface area contributed by atoms with Crippen molar-refractivity contribution in [2.45, 2.75) is 0 Å². The van der Waals surface area contributed by atoms with Crippen LogP contribution in [0.4, 0.5) is 0 Å². The molecule has 0 rings (SSSR count). The summed E-state index contributed by atoms with van der Waals surface area (Å²) < 4.78 is 0. The fraction of sp³-hybridized carbons (Fsp3) is 0. The Bertz CT molecular complexity index is 253. The normalized spacial score (nSPS) is 12.9. The summed E-state index contributed by atoms with van der Waals surface area (Å²) in [6, 6.07) is 0. The van der Waals surface area contributed by atoms with Gasteiger partial charge in [0, 0.05) is 0 Å². The average Bonchev–Trinajstić information content (AvgIpc) is 2.21. The van der Waals surface area contributed by atoms with Crippen LogP contribution in [-0.2, 0) is 0 Å². The molecule has 0 aromatic carbocycles. The van der Waals surface area contributed by atoms with E-state index in [4.69, 9.17) is 0 Å². The SMILES string of the molecule is C=C/C=C/C=C/C=C/C=C/C=C/C=C. The molecule has 0 heteroatoms. The quantitative estimate of drug-likeness (QED) is 0.544. The molecule has 0 N–H and O–H groups in total. The standard InChI is InChI=1S/C14H16/c1-3-5-7-9-11-13-14-12-10-8-6-4-2/h3-14H,1-2H2/b7-5+,8-6+,11-9+,12-10+,14-13+. The Morgan fingerprint density at radius 2 is 0.571 bits per heavy atom. The molecule has 0 fully saturated rings. The van der Waals surface area contributed by atoms with Crippen LogP contribution in [-0.4, -0.2) is 0 Å². The molecule has 0 saturated heterocycles. The molecule has 0 unspecified atom stereocenters. The van der Waals surface area contributed by atoms with Crippen LogP contribution in [0.3, 0.4) is 0 Å². The Balaban J connectivity index is 3.72. The molecular weight excluding hydrogens is 168 g/mol. The van der Waals surface area contributed by atoms with Crippen LogP contribution in [0.5, 0.6) is 0 Å². The summed E-state index contributed by atoms with van der Waals surface area (Å²) in [4.78, 5) is 0. The highest BCUT2D eigenvalue weighted by Gasteiger charge is 1.62. The van der Waals surface area contributed by atoms with Gasteiger partial charge in [0.2, 0.25) is 0 Å². The van der Waals surface area contributed by atoms with Crippen molar-refractivity contribution in [3.8, 4) is 0 Å². The van der Waals surface area contributed by atoms with Gasteiger partial charge in [0.15, 0.2) is 0 Å². The van der Waals surface area contributed by atoms with Gasteiger partial charge in [-0.1, -0.05) is 86.1 Å². The summed E-state index contributed by atoms with van der Waals surface area (Å²) >= 11 is 0. The van der Waals surface area contributed by atoms with Crippen molar-refractivity contribution in [1.29, 1.82) is 0 Å². The Labute approximate surface area is 86.7 Å². The van der Waals surface area contributed by atoms with Crippen LogP contribution in [0.1, 0.15) is 0 Å². The van der Waals surface area contributed by atoms with Crippen molar-refractivity contribution in [3.63, 3.8) is 0 Å². The van der Waals surface area contributed by atoms with E-state index in [1.54, 1.807) is 12.2 Å².